The van der Waals surface area contributed by atoms with E-state index in [1.807, 2.05) is 24.3 Å². The van der Waals surface area contributed by atoms with Crippen molar-refractivity contribution in [1.29, 1.82) is 0 Å². The predicted octanol–water partition coefficient (Wildman–Crippen LogP) is 2.16. The molecule has 3 heteroatoms. The summed E-state index contributed by atoms with van der Waals surface area (Å²) in [6.45, 7) is 0. The second kappa shape index (κ2) is 3.69. The molecular formula is C13H10BO2. The molecule has 0 aromatic heterocycles. The van der Waals surface area contributed by atoms with Crippen LogP contribution in [0.3, 0.4) is 0 Å². The Labute approximate surface area is 94.8 Å². The van der Waals surface area contributed by atoms with Gasteiger partial charge < -0.3 is 9.68 Å². The molecule has 0 aliphatic heterocycles. The molecule has 0 fully saturated rings. The Kier molecular flexibility index (Phi) is 2.19. The zero-order valence-electron chi connectivity index (χ0n) is 8.68. The van der Waals surface area contributed by atoms with Crippen LogP contribution in [0.2, 0.25) is 0 Å². The summed E-state index contributed by atoms with van der Waals surface area (Å²) in [4.78, 5) is 0. The largest absolute Gasteiger partial charge is 0.569 e. The van der Waals surface area contributed by atoms with Gasteiger partial charge in [0.25, 0.3) is 0 Å². The van der Waals surface area contributed by atoms with Gasteiger partial charge in [0.1, 0.15) is 5.75 Å². The lowest BCUT2D eigenvalue weighted by atomic mass is 10.0. The summed E-state index contributed by atoms with van der Waals surface area (Å²) >= 11 is 0. The van der Waals surface area contributed by atoms with Crippen LogP contribution in [0.4, 0.5) is 0 Å². The third kappa shape index (κ3) is 1.33. The van der Waals surface area contributed by atoms with E-state index in [0.29, 0.717) is 5.75 Å². The molecule has 1 radical (unpaired) electrons. The number of benzene rings is 2. The van der Waals surface area contributed by atoms with E-state index in [1.165, 1.54) is 16.7 Å². The summed E-state index contributed by atoms with van der Waals surface area (Å²) < 4.78 is 5.14. The monoisotopic (exact) mass is 209 g/mol. The lowest BCUT2D eigenvalue weighted by molar-refractivity contribution is 0.454. The molecule has 0 amide bonds. The van der Waals surface area contributed by atoms with Gasteiger partial charge in [-0.3, -0.25) is 0 Å². The van der Waals surface area contributed by atoms with Crippen molar-refractivity contribution in [3.63, 3.8) is 0 Å². The average Bonchev–Trinajstić information content (AvgIpc) is 2.68. The molecule has 1 N–H and O–H groups in total. The summed E-state index contributed by atoms with van der Waals surface area (Å²) in [5.41, 5.74) is 4.87. The van der Waals surface area contributed by atoms with Crippen LogP contribution in [-0.2, 0) is 6.42 Å². The van der Waals surface area contributed by atoms with Crippen LogP contribution < -0.4 is 4.65 Å². The molecule has 0 atom stereocenters. The van der Waals surface area contributed by atoms with E-state index in [2.05, 4.69) is 18.2 Å². The van der Waals surface area contributed by atoms with Crippen molar-refractivity contribution in [2.24, 2.45) is 0 Å². The molecule has 0 saturated heterocycles. The average molecular weight is 209 g/mol. The van der Waals surface area contributed by atoms with E-state index in [4.69, 9.17) is 9.68 Å². The van der Waals surface area contributed by atoms with Gasteiger partial charge in [-0.05, 0) is 29.2 Å². The zero-order chi connectivity index (χ0) is 11.0. The molecule has 1 aliphatic rings. The number of hydrogen-bond donors (Lipinski definition) is 1. The second-order valence-electron chi connectivity index (χ2n) is 3.85. The Hall–Kier alpha value is -1.74. The van der Waals surface area contributed by atoms with Crippen molar-refractivity contribution in [2.45, 2.75) is 6.42 Å². The summed E-state index contributed by atoms with van der Waals surface area (Å²) in [7, 11) is 0.733. The predicted molar refractivity (Wildman–Crippen MR) is 63.3 cm³/mol. The summed E-state index contributed by atoms with van der Waals surface area (Å²) in [5, 5.41) is 8.75. The van der Waals surface area contributed by atoms with E-state index in [-0.39, 0.29) is 0 Å². The highest BCUT2D eigenvalue weighted by molar-refractivity contribution is 6.17. The molecule has 3 rings (SSSR count). The maximum absolute atomic E-state index is 8.75. The fourth-order valence-corrected chi connectivity index (χ4v) is 2.31. The molecule has 77 valence electrons. The van der Waals surface area contributed by atoms with E-state index < -0.39 is 0 Å². The van der Waals surface area contributed by atoms with Crippen molar-refractivity contribution >= 4 is 7.69 Å². The van der Waals surface area contributed by atoms with Gasteiger partial charge in [-0.25, -0.2) is 0 Å². The highest BCUT2D eigenvalue weighted by atomic mass is 16.5. The first-order valence-corrected chi connectivity index (χ1v) is 5.23. The smallest absolute Gasteiger partial charge is 0.537 e. The third-order valence-corrected chi connectivity index (χ3v) is 2.96. The Morgan fingerprint density at radius 3 is 2.69 bits per heavy atom. The first-order valence-electron chi connectivity index (χ1n) is 5.23. The van der Waals surface area contributed by atoms with Crippen LogP contribution in [0.1, 0.15) is 11.1 Å². The molecule has 2 nitrogen and oxygen atoms in total. The lowest BCUT2D eigenvalue weighted by Crippen LogP contribution is -2.01. The van der Waals surface area contributed by atoms with Crippen molar-refractivity contribution < 1.29 is 9.68 Å². The van der Waals surface area contributed by atoms with Crippen molar-refractivity contribution in [3.8, 4) is 16.9 Å². The maximum atomic E-state index is 8.75. The molecule has 1 aliphatic carbocycles. The zero-order valence-corrected chi connectivity index (χ0v) is 8.68. The molecule has 0 saturated carbocycles. The minimum atomic E-state index is 0.713. The minimum absolute atomic E-state index is 0.713. The van der Waals surface area contributed by atoms with Crippen LogP contribution in [-0.4, -0.2) is 12.7 Å². The van der Waals surface area contributed by atoms with Gasteiger partial charge in [-0.15, -0.1) is 0 Å². The highest BCUT2D eigenvalue weighted by Crippen LogP contribution is 2.42. The Morgan fingerprint density at radius 2 is 1.81 bits per heavy atom. The molecule has 0 unspecified atom stereocenters. The number of hydrogen-bond acceptors (Lipinski definition) is 2. The van der Waals surface area contributed by atoms with Gasteiger partial charge in [-0.1, -0.05) is 36.4 Å². The topological polar surface area (TPSA) is 29.5 Å². The van der Waals surface area contributed by atoms with E-state index in [9.17, 15) is 0 Å². The quantitative estimate of drug-likeness (QED) is 0.655. The summed E-state index contributed by atoms with van der Waals surface area (Å²) in [6, 6.07) is 14.2. The molecule has 2 aromatic rings. The first kappa shape index (κ1) is 9.49. The minimum Gasteiger partial charge on any atom is -0.537 e. The summed E-state index contributed by atoms with van der Waals surface area (Å²) in [5.74, 6) is 0.713. The van der Waals surface area contributed by atoms with Crippen molar-refractivity contribution in [3.05, 3.63) is 53.6 Å². The first-order chi connectivity index (χ1) is 7.90. The standard InChI is InChI=1S/C13H10BO2/c15-14-16-12-7-3-5-10-8-9-4-1-2-6-11(9)13(10)12/h1-7,15H,8H2. The van der Waals surface area contributed by atoms with E-state index in [1.54, 1.807) is 0 Å². The van der Waals surface area contributed by atoms with Crippen LogP contribution in [0.5, 0.6) is 5.75 Å². The SMILES string of the molecule is O[B]Oc1cccc2c1-c1ccccc1C2. The van der Waals surface area contributed by atoms with E-state index >= 15 is 0 Å². The molecule has 16 heavy (non-hydrogen) atoms. The third-order valence-electron chi connectivity index (χ3n) is 2.96. The van der Waals surface area contributed by atoms with E-state index in [0.717, 1.165) is 19.7 Å². The Balaban J connectivity index is 2.21. The fourth-order valence-electron chi connectivity index (χ4n) is 2.31. The Bertz CT molecular complexity index is 537. The molecular weight excluding hydrogens is 199 g/mol. The van der Waals surface area contributed by atoms with Crippen molar-refractivity contribution in [1.82, 2.24) is 0 Å². The normalized spacial score (nSPS) is 11.8. The van der Waals surface area contributed by atoms with Crippen LogP contribution >= 0.6 is 0 Å². The fraction of sp³-hybridized carbons (Fsp3) is 0.0769. The van der Waals surface area contributed by atoms with Crippen LogP contribution in [0.25, 0.3) is 11.1 Å². The van der Waals surface area contributed by atoms with Crippen LogP contribution in [0, 0.1) is 0 Å². The van der Waals surface area contributed by atoms with Gasteiger partial charge in [0.2, 0.25) is 0 Å². The van der Waals surface area contributed by atoms with Crippen LogP contribution in [0.15, 0.2) is 42.5 Å². The molecule has 0 spiro atoms. The van der Waals surface area contributed by atoms with Gasteiger partial charge in [0.15, 0.2) is 0 Å². The number of rotatable bonds is 2. The summed E-state index contributed by atoms with van der Waals surface area (Å²) in [6.07, 6.45) is 0.939. The number of fused-ring (bicyclic) bond motifs is 3. The molecule has 0 bridgehead atoms. The maximum Gasteiger partial charge on any atom is 0.569 e. The lowest BCUT2D eigenvalue weighted by Gasteiger charge is -2.08. The van der Waals surface area contributed by atoms with Gasteiger partial charge >= 0.3 is 7.69 Å². The second-order valence-corrected chi connectivity index (χ2v) is 3.85. The van der Waals surface area contributed by atoms with Gasteiger partial charge in [-0.2, -0.15) is 0 Å². The Morgan fingerprint density at radius 1 is 1.00 bits per heavy atom. The van der Waals surface area contributed by atoms with Gasteiger partial charge in [0, 0.05) is 5.56 Å². The van der Waals surface area contributed by atoms with Gasteiger partial charge in [0.05, 0.1) is 0 Å². The van der Waals surface area contributed by atoms with Crippen molar-refractivity contribution in [2.75, 3.05) is 0 Å². The molecule has 2 aromatic carbocycles. The highest BCUT2D eigenvalue weighted by Gasteiger charge is 2.21. The molecule has 0 heterocycles.